The number of aromatic nitrogens is 2. The first-order valence-electron chi connectivity index (χ1n) is 6.73. The Balaban J connectivity index is 2.61. The van der Waals surface area contributed by atoms with E-state index in [1.54, 1.807) is 0 Å². The van der Waals surface area contributed by atoms with Gasteiger partial charge in [-0.05, 0) is 26.8 Å². The molecule has 0 saturated heterocycles. The summed E-state index contributed by atoms with van der Waals surface area (Å²) in [6.07, 6.45) is 2.17. The molecule has 0 aliphatic carbocycles. The van der Waals surface area contributed by atoms with E-state index < -0.39 is 0 Å². The summed E-state index contributed by atoms with van der Waals surface area (Å²) in [6, 6.07) is 0.352. The van der Waals surface area contributed by atoms with Crippen molar-refractivity contribution in [1.82, 2.24) is 15.5 Å². The van der Waals surface area contributed by atoms with Gasteiger partial charge >= 0.3 is 0 Å². The second-order valence-corrected chi connectivity index (χ2v) is 6.10. The average molecular weight is 271 g/mol. The van der Waals surface area contributed by atoms with Gasteiger partial charge in [0.15, 0.2) is 5.82 Å². The van der Waals surface area contributed by atoms with Gasteiger partial charge in [0, 0.05) is 11.3 Å². The van der Waals surface area contributed by atoms with E-state index in [2.05, 4.69) is 43.2 Å². The summed E-state index contributed by atoms with van der Waals surface area (Å²) >= 11 is 1.88. The zero-order valence-electron chi connectivity index (χ0n) is 12.1. The third-order valence-electron chi connectivity index (χ3n) is 3.37. The van der Waals surface area contributed by atoms with Crippen LogP contribution in [0.15, 0.2) is 4.52 Å². The van der Waals surface area contributed by atoms with Gasteiger partial charge in [0.05, 0.1) is 11.7 Å². The summed E-state index contributed by atoms with van der Waals surface area (Å²) in [5, 5.41) is 7.97. The zero-order chi connectivity index (χ0) is 13.5. The molecule has 0 aromatic carbocycles. The van der Waals surface area contributed by atoms with Crippen LogP contribution in [-0.4, -0.2) is 28.5 Å². The maximum absolute atomic E-state index is 5.39. The third-order valence-corrected chi connectivity index (χ3v) is 4.70. The maximum atomic E-state index is 5.39. The molecule has 3 unspecified atom stereocenters. The van der Waals surface area contributed by atoms with Gasteiger partial charge in [-0.3, -0.25) is 0 Å². The fourth-order valence-electron chi connectivity index (χ4n) is 1.75. The van der Waals surface area contributed by atoms with Gasteiger partial charge < -0.3 is 9.84 Å². The summed E-state index contributed by atoms with van der Waals surface area (Å²) in [4.78, 5) is 4.52. The number of likely N-dealkylation sites (N-methyl/N-ethyl adjacent to an activating group) is 1. The highest BCUT2D eigenvalue weighted by Gasteiger charge is 2.22. The smallest absolute Gasteiger partial charge is 0.231 e. The summed E-state index contributed by atoms with van der Waals surface area (Å²) < 4.78 is 5.39. The molecular formula is C13H25N3OS. The molecule has 0 saturated carbocycles. The molecule has 0 bridgehead atoms. The van der Waals surface area contributed by atoms with Gasteiger partial charge in [-0.25, -0.2) is 0 Å². The van der Waals surface area contributed by atoms with Crippen molar-refractivity contribution in [2.24, 2.45) is 0 Å². The highest BCUT2D eigenvalue weighted by molar-refractivity contribution is 7.99. The van der Waals surface area contributed by atoms with Gasteiger partial charge in [-0.15, -0.1) is 0 Å². The summed E-state index contributed by atoms with van der Waals surface area (Å²) in [5.74, 6) is 2.71. The van der Waals surface area contributed by atoms with E-state index in [1.165, 1.54) is 6.42 Å². The molecule has 1 aromatic rings. The van der Waals surface area contributed by atoms with Crippen molar-refractivity contribution in [1.29, 1.82) is 0 Å². The lowest BCUT2D eigenvalue weighted by atomic mass is 9.98. The molecule has 1 heterocycles. The number of hydrogen-bond donors (Lipinski definition) is 1. The van der Waals surface area contributed by atoms with Crippen LogP contribution in [0.4, 0.5) is 0 Å². The van der Waals surface area contributed by atoms with Gasteiger partial charge in [0.25, 0.3) is 0 Å². The van der Waals surface area contributed by atoms with Crippen LogP contribution in [-0.2, 0) is 5.75 Å². The SMILES string of the molecule is CCC(C)SCc1noc(C(CC)C(C)NC)n1. The first-order valence-corrected chi connectivity index (χ1v) is 7.78. The van der Waals surface area contributed by atoms with Crippen LogP contribution in [0.3, 0.4) is 0 Å². The third kappa shape index (κ3) is 4.28. The second kappa shape index (κ2) is 7.79. The molecule has 0 fully saturated rings. The predicted octanol–water partition coefficient (Wildman–Crippen LogP) is 3.20. The van der Waals surface area contributed by atoms with Gasteiger partial charge in [-0.2, -0.15) is 16.7 Å². The van der Waals surface area contributed by atoms with Gasteiger partial charge in [0.2, 0.25) is 5.89 Å². The number of rotatable bonds is 8. The Hall–Kier alpha value is -0.550. The van der Waals surface area contributed by atoms with Gasteiger partial charge in [-0.1, -0.05) is 25.9 Å². The van der Waals surface area contributed by atoms with Crippen LogP contribution in [0.2, 0.25) is 0 Å². The van der Waals surface area contributed by atoms with E-state index in [0.29, 0.717) is 17.2 Å². The lowest BCUT2D eigenvalue weighted by Crippen LogP contribution is -2.28. The highest BCUT2D eigenvalue weighted by atomic mass is 32.2. The molecule has 3 atom stereocenters. The number of thioether (sulfide) groups is 1. The molecule has 5 heteroatoms. The van der Waals surface area contributed by atoms with E-state index in [1.807, 2.05) is 18.8 Å². The second-order valence-electron chi connectivity index (χ2n) is 4.67. The van der Waals surface area contributed by atoms with Crippen molar-refractivity contribution in [3.63, 3.8) is 0 Å². The molecular weight excluding hydrogens is 246 g/mol. The lowest BCUT2D eigenvalue weighted by Gasteiger charge is -2.17. The number of hydrogen-bond acceptors (Lipinski definition) is 5. The quantitative estimate of drug-likeness (QED) is 0.787. The van der Waals surface area contributed by atoms with Crippen molar-refractivity contribution < 1.29 is 4.52 Å². The van der Waals surface area contributed by atoms with Crippen molar-refractivity contribution in [3.05, 3.63) is 11.7 Å². The van der Waals surface area contributed by atoms with Crippen molar-refractivity contribution in [3.8, 4) is 0 Å². The van der Waals surface area contributed by atoms with Crippen LogP contribution < -0.4 is 5.32 Å². The first kappa shape index (κ1) is 15.5. The standard InChI is InChI=1S/C13H25N3OS/c1-6-9(3)18-8-12-15-13(17-16-12)11(7-2)10(4)14-5/h9-11,14H,6-8H2,1-5H3. The molecule has 18 heavy (non-hydrogen) atoms. The molecule has 0 radical (unpaired) electrons. The summed E-state index contributed by atoms with van der Waals surface area (Å²) in [5.41, 5.74) is 0. The molecule has 104 valence electrons. The predicted molar refractivity (Wildman–Crippen MR) is 76.9 cm³/mol. The van der Waals surface area contributed by atoms with E-state index in [4.69, 9.17) is 4.52 Å². The van der Waals surface area contributed by atoms with Crippen LogP contribution >= 0.6 is 11.8 Å². The maximum Gasteiger partial charge on any atom is 0.231 e. The molecule has 0 aliphatic heterocycles. The number of nitrogens with zero attached hydrogens (tertiary/aromatic N) is 2. The van der Waals surface area contributed by atoms with E-state index >= 15 is 0 Å². The molecule has 0 spiro atoms. The van der Waals surface area contributed by atoms with Crippen molar-refractivity contribution >= 4 is 11.8 Å². The molecule has 1 aromatic heterocycles. The largest absolute Gasteiger partial charge is 0.339 e. The fourth-order valence-corrected chi connectivity index (χ4v) is 2.54. The van der Waals surface area contributed by atoms with E-state index in [0.717, 1.165) is 23.9 Å². The lowest BCUT2D eigenvalue weighted by molar-refractivity contribution is 0.320. The van der Waals surface area contributed by atoms with Crippen LogP contribution in [0, 0.1) is 0 Å². The van der Waals surface area contributed by atoms with E-state index in [-0.39, 0.29) is 0 Å². The molecule has 4 nitrogen and oxygen atoms in total. The monoisotopic (exact) mass is 271 g/mol. The minimum atomic E-state index is 0.296. The number of nitrogens with one attached hydrogen (secondary N) is 1. The van der Waals surface area contributed by atoms with Crippen molar-refractivity contribution in [2.75, 3.05) is 7.05 Å². The Morgan fingerprint density at radius 3 is 2.56 bits per heavy atom. The minimum Gasteiger partial charge on any atom is -0.339 e. The summed E-state index contributed by atoms with van der Waals surface area (Å²) in [6.45, 7) is 8.72. The minimum absolute atomic E-state index is 0.296. The van der Waals surface area contributed by atoms with Gasteiger partial charge in [0.1, 0.15) is 0 Å². The Morgan fingerprint density at radius 1 is 1.28 bits per heavy atom. The van der Waals surface area contributed by atoms with Crippen LogP contribution in [0.5, 0.6) is 0 Å². The normalized spacial score (nSPS) is 16.5. The van der Waals surface area contributed by atoms with Crippen LogP contribution in [0.1, 0.15) is 58.2 Å². The molecule has 0 amide bonds. The van der Waals surface area contributed by atoms with E-state index in [9.17, 15) is 0 Å². The first-order chi connectivity index (χ1) is 8.62. The Bertz CT molecular complexity index is 343. The molecule has 1 N–H and O–H groups in total. The Labute approximate surface area is 114 Å². The topological polar surface area (TPSA) is 51.0 Å². The Kier molecular flexibility index (Phi) is 6.71. The molecule has 1 rings (SSSR count). The Morgan fingerprint density at radius 2 is 2.00 bits per heavy atom. The zero-order valence-corrected chi connectivity index (χ0v) is 12.9. The summed E-state index contributed by atoms with van der Waals surface area (Å²) in [7, 11) is 1.96. The fraction of sp³-hybridized carbons (Fsp3) is 0.846. The molecule has 0 aliphatic rings. The van der Waals surface area contributed by atoms with Crippen LogP contribution in [0.25, 0.3) is 0 Å². The highest BCUT2D eigenvalue weighted by Crippen LogP contribution is 2.23. The van der Waals surface area contributed by atoms with Crippen molar-refractivity contribution in [2.45, 2.75) is 63.5 Å². The average Bonchev–Trinajstić information content (AvgIpc) is 2.85.